The molecule has 0 aliphatic carbocycles. The fraction of sp³-hybridized carbons (Fsp3) is 0.364. The summed E-state index contributed by atoms with van der Waals surface area (Å²) in [6, 6.07) is 6.90. The zero-order valence-corrected chi connectivity index (χ0v) is 22.5. The molecule has 194 valence electrons. The third-order valence-corrected chi connectivity index (χ3v) is 10.5. The van der Waals surface area contributed by atoms with Crippen molar-refractivity contribution >= 4 is 55.1 Å². The molecule has 2 aromatic carbocycles. The number of nitrogens with one attached hydrogen (secondary N) is 1. The van der Waals surface area contributed by atoms with E-state index in [-0.39, 0.29) is 39.4 Å². The Labute approximate surface area is 219 Å². The Bertz CT molecular complexity index is 1450. The van der Waals surface area contributed by atoms with Crippen molar-refractivity contribution in [2.75, 3.05) is 32.9 Å². The van der Waals surface area contributed by atoms with E-state index in [9.17, 15) is 26.4 Å². The van der Waals surface area contributed by atoms with Crippen LogP contribution >= 0.6 is 23.2 Å². The topological polar surface area (TPSA) is 130 Å². The first-order valence-electron chi connectivity index (χ1n) is 10.9. The van der Waals surface area contributed by atoms with E-state index in [0.29, 0.717) is 23.0 Å². The molecule has 0 saturated carbocycles. The molecule has 2 heterocycles. The molecule has 0 unspecified atom stereocenters. The molecule has 0 aromatic heterocycles. The zero-order valence-electron chi connectivity index (χ0n) is 19.3. The summed E-state index contributed by atoms with van der Waals surface area (Å²) in [6.45, 7) is 4.06. The van der Waals surface area contributed by atoms with Crippen LogP contribution in [0.25, 0.3) is 0 Å². The number of rotatable bonds is 6. The predicted octanol–water partition coefficient (Wildman–Crippen LogP) is 2.67. The second-order valence-electron chi connectivity index (χ2n) is 8.48. The summed E-state index contributed by atoms with van der Waals surface area (Å²) in [4.78, 5) is 25.4. The molecule has 2 aromatic rings. The SMILES string of the molecule is CC(C)c1cccc2c1C(=O)N(COC(=O)c1c(Cl)ccc(S(=O)(=O)N3CCNCC3)c1Cl)S2(=O)=O. The summed E-state index contributed by atoms with van der Waals surface area (Å²) < 4.78 is 58.9. The zero-order chi connectivity index (χ0) is 26.4. The molecule has 1 N–H and O–H groups in total. The Kier molecular flexibility index (Phi) is 7.39. The average Bonchev–Trinajstić information content (AvgIpc) is 3.03. The van der Waals surface area contributed by atoms with Gasteiger partial charge in [0.2, 0.25) is 10.0 Å². The molecule has 2 aliphatic heterocycles. The minimum absolute atomic E-state index is 0.0312. The minimum Gasteiger partial charge on any atom is -0.439 e. The van der Waals surface area contributed by atoms with Crippen molar-refractivity contribution in [3.63, 3.8) is 0 Å². The molecule has 1 amide bonds. The molecule has 36 heavy (non-hydrogen) atoms. The molecule has 2 aliphatic rings. The van der Waals surface area contributed by atoms with Crippen molar-refractivity contribution in [2.45, 2.75) is 29.6 Å². The number of benzene rings is 2. The molecule has 1 saturated heterocycles. The average molecular weight is 576 g/mol. The van der Waals surface area contributed by atoms with Gasteiger partial charge in [0.25, 0.3) is 15.9 Å². The van der Waals surface area contributed by atoms with Gasteiger partial charge in [-0.2, -0.15) is 8.61 Å². The molecule has 10 nitrogen and oxygen atoms in total. The number of ether oxygens (including phenoxy) is 1. The first kappa shape index (κ1) is 26.8. The molecule has 1 fully saturated rings. The van der Waals surface area contributed by atoms with Gasteiger partial charge in [0.1, 0.15) is 9.79 Å². The number of nitrogens with zero attached hydrogens (tertiary/aromatic N) is 2. The van der Waals surface area contributed by atoms with Gasteiger partial charge in [-0.15, -0.1) is 0 Å². The van der Waals surface area contributed by atoms with Crippen LogP contribution in [0.4, 0.5) is 0 Å². The predicted molar refractivity (Wildman–Crippen MR) is 132 cm³/mol. The van der Waals surface area contributed by atoms with Gasteiger partial charge in [-0.25, -0.2) is 21.6 Å². The van der Waals surface area contributed by atoms with Crippen LogP contribution in [0, 0.1) is 0 Å². The van der Waals surface area contributed by atoms with Crippen molar-refractivity contribution in [2.24, 2.45) is 0 Å². The molecule has 0 radical (unpaired) electrons. The molecule has 0 bridgehead atoms. The van der Waals surface area contributed by atoms with E-state index in [1.54, 1.807) is 12.1 Å². The number of piperazine rings is 1. The van der Waals surface area contributed by atoms with Crippen molar-refractivity contribution in [3.05, 3.63) is 57.1 Å². The van der Waals surface area contributed by atoms with Crippen LogP contribution in [0.2, 0.25) is 10.0 Å². The van der Waals surface area contributed by atoms with Crippen LogP contribution in [-0.4, -0.2) is 70.2 Å². The number of amides is 1. The number of hydrogen-bond donors (Lipinski definition) is 1. The van der Waals surface area contributed by atoms with Gasteiger partial charge in [-0.3, -0.25) is 4.79 Å². The van der Waals surface area contributed by atoms with E-state index >= 15 is 0 Å². The fourth-order valence-electron chi connectivity index (χ4n) is 4.09. The van der Waals surface area contributed by atoms with E-state index in [1.165, 1.54) is 22.5 Å². The number of halogens is 2. The maximum Gasteiger partial charge on any atom is 0.342 e. The number of sulfonamides is 2. The van der Waals surface area contributed by atoms with Crippen molar-refractivity contribution < 1.29 is 31.2 Å². The quantitative estimate of drug-likeness (QED) is 0.520. The summed E-state index contributed by atoms with van der Waals surface area (Å²) >= 11 is 12.5. The van der Waals surface area contributed by atoms with Gasteiger partial charge in [0.15, 0.2) is 6.73 Å². The first-order chi connectivity index (χ1) is 16.9. The lowest BCUT2D eigenvalue weighted by molar-refractivity contribution is 0.0358. The Morgan fingerprint density at radius 1 is 1.14 bits per heavy atom. The van der Waals surface area contributed by atoms with Crippen LogP contribution in [-0.2, 0) is 24.8 Å². The number of esters is 1. The lowest BCUT2D eigenvalue weighted by Gasteiger charge is -2.27. The normalized spacial score (nSPS) is 17.9. The summed E-state index contributed by atoms with van der Waals surface area (Å²) in [5, 5.41) is 2.40. The Hall–Kier alpha value is -2.22. The maximum atomic E-state index is 13.1. The van der Waals surface area contributed by atoms with Gasteiger partial charge >= 0.3 is 5.97 Å². The summed E-state index contributed by atoms with van der Waals surface area (Å²) in [7, 11) is -8.30. The Morgan fingerprint density at radius 3 is 2.44 bits per heavy atom. The van der Waals surface area contributed by atoms with Gasteiger partial charge in [0, 0.05) is 26.2 Å². The Balaban J connectivity index is 1.61. The number of hydrogen-bond acceptors (Lipinski definition) is 8. The van der Waals surface area contributed by atoms with E-state index in [2.05, 4.69) is 5.32 Å². The molecule has 0 atom stereocenters. The number of carbonyl (C=O) groups excluding carboxylic acids is 2. The number of fused-ring (bicyclic) bond motifs is 1. The van der Waals surface area contributed by atoms with Gasteiger partial charge < -0.3 is 10.1 Å². The molecule has 4 rings (SSSR count). The summed E-state index contributed by atoms with van der Waals surface area (Å²) in [6.07, 6.45) is 0. The highest BCUT2D eigenvalue weighted by Crippen LogP contribution is 2.36. The third-order valence-electron chi connectivity index (χ3n) is 5.96. The largest absolute Gasteiger partial charge is 0.439 e. The standard InChI is InChI=1S/C22H23Cl2N3O7S2/c1-13(2)14-4-3-5-16-18(14)21(28)27(36(16,32)33)12-34-22(29)19-15(23)6-7-17(20(19)24)35(30,31)26-10-8-25-9-11-26/h3-7,13,25H,8-12H2,1-2H3. The highest BCUT2D eigenvalue weighted by atomic mass is 35.5. The van der Waals surface area contributed by atoms with Crippen LogP contribution < -0.4 is 5.32 Å². The van der Waals surface area contributed by atoms with Crippen LogP contribution in [0.3, 0.4) is 0 Å². The van der Waals surface area contributed by atoms with Crippen LogP contribution in [0.15, 0.2) is 40.1 Å². The molecular formula is C22H23Cl2N3O7S2. The second-order valence-corrected chi connectivity index (χ2v) is 13.0. The smallest absolute Gasteiger partial charge is 0.342 e. The lowest BCUT2D eigenvalue weighted by Crippen LogP contribution is -2.46. The molecule has 14 heteroatoms. The summed E-state index contributed by atoms with van der Waals surface area (Å²) in [5.74, 6) is -2.13. The van der Waals surface area contributed by atoms with Gasteiger partial charge in [-0.05, 0) is 29.7 Å². The fourth-order valence-corrected chi connectivity index (χ4v) is 7.87. The number of carbonyl (C=O) groups is 2. The minimum atomic E-state index is -4.26. The van der Waals surface area contributed by atoms with Crippen LogP contribution in [0.1, 0.15) is 46.0 Å². The first-order valence-corrected chi connectivity index (χ1v) is 14.6. The van der Waals surface area contributed by atoms with Crippen molar-refractivity contribution in [1.29, 1.82) is 0 Å². The van der Waals surface area contributed by atoms with Crippen molar-refractivity contribution in [3.8, 4) is 0 Å². The second kappa shape index (κ2) is 9.92. The highest BCUT2D eigenvalue weighted by molar-refractivity contribution is 7.90. The van der Waals surface area contributed by atoms with Gasteiger partial charge in [0.05, 0.1) is 21.2 Å². The highest BCUT2D eigenvalue weighted by Gasteiger charge is 2.44. The van der Waals surface area contributed by atoms with Gasteiger partial charge in [-0.1, -0.05) is 49.2 Å². The molecule has 0 spiro atoms. The maximum absolute atomic E-state index is 13.1. The van der Waals surface area contributed by atoms with Crippen molar-refractivity contribution in [1.82, 2.24) is 13.9 Å². The third kappa shape index (κ3) is 4.50. The summed E-state index contributed by atoms with van der Waals surface area (Å²) in [5.41, 5.74) is 0.134. The van der Waals surface area contributed by atoms with E-state index in [4.69, 9.17) is 27.9 Å². The Morgan fingerprint density at radius 2 is 1.81 bits per heavy atom. The molecular weight excluding hydrogens is 553 g/mol. The van der Waals surface area contributed by atoms with E-state index in [0.717, 1.165) is 0 Å². The lowest BCUT2D eigenvalue weighted by atomic mass is 9.97. The van der Waals surface area contributed by atoms with Crippen LogP contribution in [0.5, 0.6) is 0 Å². The van der Waals surface area contributed by atoms with E-state index < -0.39 is 49.2 Å². The van der Waals surface area contributed by atoms with E-state index in [1.807, 2.05) is 13.8 Å². The monoisotopic (exact) mass is 575 g/mol.